The second-order valence-corrected chi connectivity index (χ2v) is 4.00. The first-order chi connectivity index (χ1) is 7.81. The molecule has 0 bridgehead atoms. The Hall–Kier alpha value is -1.30. The van der Waals surface area contributed by atoms with Crippen LogP contribution in [0.25, 0.3) is 0 Å². The average molecular weight is 214 g/mol. The number of hydrogen-bond acceptors (Lipinski definition) is 0. The molecule has 0 saturated carbocycles. The Kier molecular flexibility index (Phi) is 5.63. The van der Waals surface area contributed by atoms with Gasteiger partial charge in [0.15, 0.2) is 0 Å². The smallest absolute Gasteiger partial charge is 0.00946 e. The molecule has 16 heavy (non-hydrogen) atoms. The fourth-order valence-corrected chi connectivity index (χ4v) is 1.78. The van der Waals surface area contributed by atoms with Gasteiger partial charge in [0.1, 0.15) is 0 Å². The van der Waals surface area contributed by atoms with Gasteiger partial charge in [0.2, 0.25) is 0 Å². The highest BCUT2D eigenvalue weighted by molar-refractivity contribution is 5.34. The molecule has 1 aromatic carbocycles. The van der Waals surface area contributed by atoms with Gasteiger partial charge in [-0.1, -0.05) is 49.4 Å². The zero-order chi connectivity index (χ0) is 11.8. The van der Waals surface area contributed by atoms with Crippen molar-refractivity contribution in [3.05, 3.63) is 59.2 Å². The van der Waals surface area contributed by atoms with E-state index in [0.29, 0.717) is 0 Å². The Morgan fingerprint density at radius 2 is 1.56 bits per heavy atom. The lowest BCUT2D eigenvalue weighted by Crippen LogP contribution is -1.94. The number of benzene rings is 1. The Morgan fingerprint density at radius 1 is 0.938 bits per heavy atom. The molecule has 0 nitrogen and oxygen atoms in total. The van der Waals surface area contributed by atoms with Crippen LogP contribution in [0.1, 0.15) is 37.5 Å². The van der Waals surface area contributed by atoms with Gasteiger partial charge in [0.25, 0.3) is 0 Å². The quantitative estimate of drug-likeness (QED) is 0.634. The van der Waals surface area contributed by atoms with E-state index in [0.717, 1.165) is 19.3 Å². The first-order valence-corrected chi connectivity index (χ1v) is 6.14. The second kappa shape index (κ2) is 7.05. The molecule has 1 rings (SSSR count). The van der Waals surface area contributed by atoms with E-state index in [1.165, 1.54) is 16.7 Å². The van der Waals surface area contributed by atoms with Crippen LogP contribution < -0.4 is 0 Å². The first kappa shape index (κ1) is 12.8. The molecule has 0 heterocycles. The largest absolute Gasteiger partial charge is 0.0913 e. The molecule has 0 aliphatic heterocycles. The van der Waals surface area contributed by atoms with Crippen molar-refractivity contribution in [3.63, 3.8) is 0 Å². The molecule has 0 N–H and O–H groups in total. The Morgan fingerprint density at radius 3 is 2.12 bits per heavy atom. The fraction of sp³-hybridized carbons (Fsp3) is 0.375. The van der Waals surface area contributed by atoms with Gasteiger partial charge in [-0.15, -0.1) is 0 Å². The third kappa shape index (κ3) is 3.69. The lowest BCUT2D eigenvalue weighted by Gasteiger charge is -2.08. The van der Waals surface area contributed by atoms with Gasteiger partial charge in [-0.05, 0) is 49.8 Å². The minimum absolute atomic E-state index is 1.05. The molecule has 0 spiro atoms. The lowest BCUT2D eigenvalue weighted by atomic mass is 9.98. The molecule has 86 valence electrons. The fourth-order valence-electron chi connectivity index (χ4n) is 1.78. The van der Waals surface area contributed by atoms with E-state index >= 15 is 0 Å². The van der Waals surface area contributed by atoms with Crippen molar-refractivity contribution >= 4 is 0 Å². The van der Waals surface area contributed by atoms with Crippen molar-refractivity contribution in [2.45, 2.75) is 40.0 Å². The molecule has 0 aromatic heterocycles. The van der Waals surface area contributed by atoms with Crippen LogP contribution in [0, 0.1) is 0 Å². The van der Waals surface area contributed by atoms with E-state index in [-0.39, 0.29) is 0 Å². The van der Waals surface area contributed by atoms with Crippen LogP contribution in [-0.2, 0) is 19.3 Å². The maximum absolute atomic E-state index is 2.35. The normalized spacial score (nSPS) is 11.7. The Bertz CT molecular complexity index is 370. The monoisotopic (exact) mass is 214 g/mol. The minimum Gasteiger partial charge on any atom is -0.0913 e. The number of allylic oxidation sites excluding steroid dienone is 4. The second-order valence-electron chi connectivity index (χ2n) is 4.00. The molecule has 0 aliphatic rings. The van der Waals surface area contributed by atoms with Crippen molar-refractivity contribution in [2.75, 3.05) is 0 Å². The summed E-state index contributed by atoms with van der Waals surface area (Å²) in [4.78, 5) is 0. The van der Waals surface area contributed by atoms with E-state index in [1.54, 1.807) is 0 Å². The number of rotatable bonds is 5. The average Bonchev–Trinajstić information content (AvgIpc) is 2.34. The highest BCUT2D eigenvalue weighted by atomic mass is 14.1. The molecule has 0 heteroatoms. The molecular formula is C16H22. The van der Waals surface area contributed by atoms with E-state index in [4.69, 9.17) is 0 Å². The van der Waals surface area contributed by atoms with Gasteiger partial charge >= 0.3 is 0 Å². The van der Waals surface area contributed by atoms with E-state index in [9.17, 15) is 0 Å². The van der Waals surface area contributed by atoms with E-state index < -0.39 is 0 Å². The van der Waals surface area contributed by atoms with Crippen LogP contribution >= 0.6 is 0 Å². The van der Waals surface area contributed by atoms with E-state index in [2.05, 4.69) is 63.3 Å². The summed E-state index contributed by atoms with van der Waals surface area (Å²) in [6.45, 7) is 6.36. The highest BCUT2D eigenvalue weighted by Gasteiger charge is 2.00. The van der Waals surface area contributed by atoms with Gasteiger partial charge in [0.05, 0.1) is 0 Å². The first-order valence-electron chi connectivity index (χ1n) is 6.14. The van der Waals surface area contributed by atoms with Crippen molar-refractivity contribution in [1.82, 2.24) is 0 Å². The summed E-state index contributed by atoms with van der Waals surface area (Å²) in [7, 11) is 0. The predicted molar refractivity (Wildman–Crippen MR) is 72.9 cm³/mol. The highest BCUT2D eigenvalue weighted by Crippen LogP contribution is 2.15. The summed E-state index contributed by atoms with van der Waals surface area (Å²) in [6, 6.07) is 6.87. The topological polar surface area (TPSA) is 0 Å². The van der Waals surface area contributed by atoms with E-state index in [1.807, 2.05) is 0 Å². The molecule has 0 fully saturated rings. The number of hydrogen-bond donors (Lipinski definition) is 0. The Balaban J connectivity index is 2.95. The molecule has 1 aromatic rings. The van der Waals surface area contributed by atoms with Crippen molar-refractivity contribution in [2.24, 2.45) is 0 Å². The zero-order valence-corrected chi connectivity index (χ0v) is 10.7. The van der Waals surface area contributed by atoms with Crippen LogP contribution in [-0.4, -0.2) is 0 Å². The maximum Gasteiger partial charge on any atom is -0.00946 e. The van der Waals surface area contributed by atoms with Crippen LogP contribution in [0.3, 0.4) is 0 Å². The van der Waals surface area contributed by atoms with Crippen LogP contribution in [0.5, 0.6) is 0 Å². The third-order valence-corrected chi connectivity index (χ3v) is 2.83. The van der Waals surface area contributed by atoms with Crippen molar-refractivity contribution in [3.8, 4) is 0 Å². The molecule has 0 amide bonds. The van der Waals surface area contributed by atoms with Gasteiger partial charge in [-0.2, -0.15) is 0 Å². The summed E-state index contributed by atoms with van der Waals surface area (Å²) in [5.74, 6) is 0. The minimum atomic E-state index is 1.05. The van der Waals surface area contributed by atoms with Crippen LogP contribution in [0.2, 0.25) is 0 Å². The lowest BCUT2D eigenvalue weighted by molar-refractivity contribution is 1.08. The van der Waals surface area contributed by atoms with Crippen molar-refractivity contribution < 1.29 is 0 Å². The van der Waals surface area contributed by atoms with Gasteiger partial charge in [-0.25, -0.2) is 0 Å². The summed E-state index contributed by atoms with van der Waals surface area (Å²) in [6.07, 6.45) is 11.9. The summed E-state index contributed by atoms with van der Waals surface area (Å²) in [5.41, 5.74) is 4.35. The predicted octanol–water partition coefficient (Wildman–Crippen LogP) is 4.49. The van der Waals surface area contributed by atoms with Crippen LogP contribution in [0.4, 0.5) is 0 Å². The molecular weight excluding hydrogens is 192 g/mol. The summed E-state index contributed by atoms with van der Waals surface area (Å²) < 4.78 is 0. The number of aryl methyl sites for hydroxylation is 1. The summed E-state index contributed by atoms with van der Waals surface area (Å²) >= 11 is 0. The standard InChI is InChI=1S/C16H22/c1-4-7-9-15-12-11-14(6-3)13-16(15)10-8-5-2/h4-5,7-8,11-13H,6,9-10H2,1-3H3/b7-4+,8-5+. The molecule has 0 saturated heterocycles. The van der Waals surface area contributed by atoms with Gasteiger partial charge < -0.3 is 0 Å². The Labute approximate surface area is 99.7 Å². The third-order valence-electron chi connectivity index (χ3n) is 2.83. The van der Waals surface area contributed by atoms with Crippen molar-refractivity contribution in [1.29, 1.82) is 0 Å². The molecule has 0 unspecified atom stereocenters. The molecule has 0 radical (unpaired) electrons. The molecule has 0 atom stereocenters. The molecule has 0 aliphatic carbocycles. The van der Waals surface area contributed by atoms with Crippen LogP contribution in [0.15, 0.2) is 42.5 Å². The summed E-state index contributed by atoms with van der Waals surface area (Å²) in [5, 5.41) is 0. The maximum atomic E-state index is 2.35. The van der Waals surface area contributed by atoms with Gasteiger partial charge in [0, 0.05) is 0 Å². The zero-order valence-electron chi connectivity index (χ0n) is 10.7. The SMILES string of the molecule is C/C=C/Cc1ccc(CC)cc1C/C=C/C. The van der Waals surface area contributed by atoms with Gasteiger partial charge in [-0.3, -0.25) is 0 Å².